The normalized spacial score (nSPS) is 12.1. The maximum absolute atomic E-state index is 11.6. The molecule has 0 N–H and O–H groups in total. The predicted octanol–water partition coefficient (Wildman–Crippen LogP) is 2.64. The third-order valence-electron chi connectivity index (χ3n) is 1.94. The van der Waals surface area contributed by atoms with E-state index >= 15 is 0 Å². The zero-order chi connectivity index (χ0) is 11.1. The lowest BCUT2D eigenvalue weighted by Crippen LogP contribution is -1.96. The highest BCUT2D eigenvalue weighted by atomic mass is 32.2. The summed E-state index contributed by atoms with van der Waals surface area (Å²) in [6.07, 6.45) is 4.19. The van der Waals surface area contributed by atoms with Gasteiger partial charge < -0.3 is 0 Å². The average molecular weight is 225 g/mol. The first-order valence-electron chi connectivity index (χ1n) is 5.00. The van der Waals surface area contributed by atoms with Gasteiger partial charge in [0.15, 0.2) is 0 Å². The van der Waals surface area contributed by atoms with Crippen LogP contribution in [0.15, 0.2) is 39.6 Å². The summed E-state index contributed by atoms with van der Waals surface area (Å²) in [5.74, 6) is 0. The molecule has 0 saturated heterocycles. The first kappa shape index (κ1) is 11.9. The molecule has 0 atom stereocenters. The summed E-state index contributed by atoms with van der Waals surface area (Å²) in [6.45, 7) is 2.06. The molecule has 0 fully saturated rings. The molecule has 0 heterocycles. The average Bonchev–Trinajstić information content (AvgIpc) is 2.26. The van der Waals surface area contributed by atoms with E-state index in [0.29, 0.717) is 6.42 Å². The molecule has 1 rings (SSSR count). The molecule has 0 unspecified atom stereocenters. The highest BCUT2D eigenvalue weighted by Crippen LogP contribution is 2.10. The first-order valence-corrected chi connectivity index (χ1v) is 6.44. The molecule has 1 aromatic carbocycles. The van der Waals surface area contributed by atoms with Gasteiger partial charge in [-0.3, -0.25) is 0 Å². The third-order valence-corrected chi connectivity index (χ3v) is 3.24. The predicted molar refractivity (Wildman–Crippen MR) is 61.6 cm³/mol. The Kier molecular flexibility index (Phi) is 4.49. The van der Waals surface area contributed by atoms with Crippen molar-refractivity contribution in [1.82, 2.24) is 0 Å². The van der Waals surface area contributed by atoms with Gasteiger partial charge in [-0.2, -0.15) is 12.8 Å². The lowest BCUT2D eigenvalue weighted by atomic mass is 10.3. The molecule has 82 valence electrons. The summed E-state index contributed by atoms with van der Waals surface area (Å²) in [5.41, 5.74) is 0. The third kappa shape index (κ3) is 3.83. The van der Waals surface area contributed by atoms with Crippen molar-refractivity contribution in [2.45, 2.75) is 31.1 Å². The fourth-order valence-electron chi connectivity index (χ4n) is 1.10. The number of benzene rings is 1. The molecular formula is C11H15NO2S. The number of rotatable bonds is 5. The van der Waals surface area contributed by atoms with Gasteiger partial charge in [0.2, 0.25) is 0 Å². The van der Waals surface area contributed by atoms with Gasteiger partial charge in [-0.15, -0.1) is 0 Å². The highest BCUT2D eigenvalue weighted by molar-refractivity contribution is 7.90. The minimum atomic E-state index is -3.47. The second-order valence-corrected chi connectivity index (χ2v) is 4.85. The first-order chi connectivity index (χ1) is 7.17. The van der Waals surface area contributed by atoms with E-state index < -0.39 is 10.0 Å². The number of hydrogen-bond acceptors (Lipinski definition) is 2. The van der Waals surface area contributed by atoms with Crippen molar-refractivity contribution < 1.29 is 8.42 Å². The van der Waals surface area contributed by atoms with E-state index in [1.54, 1.807) is 30.3 Å². The molecule has 15 heavy (non-hydrogen) atoms. The Morgan fingerprint density at radius 2 is 1.93 bits per heavy atom. The van der Waals surface area contributed by atoms with Gasteiger partial charge in [0, 0.05) is 6.21 Å². The van der Waals surface area contributed by atoms with Crippen molar-refractivity contribution in [1.29, 1.82) is 0 Å². The minimum absolute atomic E-state index is 0.248. The Hall–Kier alpha value is -1.16. The molecule has 3 nitrogen and oxygen atoms in total. The Labute approximate surface area is 90.9 Å². The highest BCUT2D eigenvalue weighted by Gasteiger charge is 2.09. The van der Waals surface area contributed by atoms with Crippen LogP contribution >= 0.6 is 0 Å². The summed E-state index contributed by atoms with van der Waals surface area (Å²) >= 11 is 0. The summed E-state index contributed by atoms with van der Waals surface area (Å²) < 4.78 is 26.8. The second kappa shape index (κ2) is 5.66. The van der Waals surface area contributed by atoms with Crippen LogP contribution in [0, 0.1) is 0 Å². The van der Waals surface area contributed by atoms with Crippen LogP contribution in [0.2, 0.25) is 0 Å². The standard InChI is InChI=1S/C11H15NO2S/c1-2-3-7-10-12-15(13,14)11-8-5-4-6-9-11/h4-6,8-10H,2-3,7H2,1H3/b12-10+. The molecule has 0 saturated carbocycles. The van der Waals surface area contributed by atoms with Gasteiger partial charge in [0.25, 0.3) is 10.0 Å². The summed E-state index contributed by atoms with van der Waals surface area (Å²) in [7, 11) is -3.47. The van der Waals surface area contributed by atoms with Gasteiger partial charge in [-0.1, -0.05) is 31.5 Å². The Bertz CT molecular complexity index is 409. The molecule has 1 aromatic rings. The summed E-state index contributed by atoms with van der Waals surface area (Å²) in [5, 5.41) is 0. The van der Waals surface area contributed by atoms with E-state index in [1.165, 1.54) is 6.21 Å². The molecule has 0 aliphatic carbocycles. The van der Waals surface area contributed by atoms with Crippen LogP contribution in [0.3, 0.4) is 0 Å². The van der Waals surface area contributed by atoms with Gasteiger partial charge in [-0.05, 0) is 25.0 Å². The van der Waals surface area contributed by atoms with Gasteiger partial charge in [-0.25, -0.2) is 0 Å². The molecule has 0 bridgehead atoms. The quantitative estimate of drug-likeness (QED) is 0.571. The lowest BCUT2D eigenvalue weighted by Gasteiger charge is -1.96. The van der Waals surface area contributed by atoms with Gasteiger partial charge >= 0.3 is 0 Å². The molecule has 0 radical (unpaired) electrons. The fraction of sp³-hybridized carbons (Fsp3) is 0.364. The monoisotopic (exact) mass is 225 g/mol. The second-order valence-electron chi connectivity index (χ2n) is 3.22. The zero-order valence-electron chi connectivity index (χ0n) is 8.76. The van der Waals surface area contributed by atoms with Crippen molar-refractivity contribution in [3.63, 3.8) is 0 Å². The van der Waals surface area contributed by atoms with Crippen molar-refractivity contribution >= 4 is 16.2 Å². The van der Waals surface area contributed by atoms with Crippen LogP contribution < -0.4 is 0 Å². The SMILES string of the molecule is CCCC/C=N/S(=O)(=O)c1ccccc1. The van der Waals surface area contributed by atoms with Crippen LogP contribution in [-0.2, 0) is 10.0 Å². The van der Waals surface area contributed by atoms with E-state index in [4.69, 9.17) is 0 Å². The van der Waals surface area contributed by atoms with E-state index in [0.717, 1.165) is 12.8 Å². The van der Waals surface area contributed by atoms with Gasteiger partial charge in [0.05, 0.1) is 4.90 Å². The molecule has 0 amide bonds. The molecular weight excluding hydrogens is 210 g/mol. The van der Waals surface area contributed by atoms with Crippen LogP contribution in [0.5, 0.6) is 0 Å². The summed E-state index contributed by atoms with van der Waals surface area (Å²) in [4.78, 5) is 0.248. The Morgan fingerprint density at radius 1 is 1.27 bits per heavy atom. The Balaban J connectivity index is 2.73. The number of nitrogens with zero attached hydrogens (tertiary/aromatic N) is 1. The largest absolute Gasteiger partial charge is 0.281 e. The minimum Gasteiger partial charge on any atom is -0.199 e. The van der Waals surface area contributed by atoms with E-state index in [1.807, 2.05) is 0 Å². The van der Waals surface area contributed by atoms with Crippen molar-refractivity contribution in [2.24, 2.45) is 4.40 Å². The molecule has 0 aromatic heterocycles. The van der Waals surface area contributed by atoms with Crippen LogP contribution in [-0.4, -0.2) is 14.6 Å². The number of sulfonamides is 1. The van der Waals surface area contributed by atoms with Crippen molar-refractivity contribution in [3.05, 3.63) is 30.3 Å². The maximum Gasteiger partial charge on any atom is 0.281 e. The number of hydrogen-bond donors (Lipinski definition) is 0. The fourth-order valence-corrected chi connectivity index (χ4v) is 2.02. The molecule has 0 spiro atoms. The smallest absolute Gasteiger partial charge is 0.199 e. The molecule has 0 aliphatic heterocycles. The maximum atomic E-state index is 11.6. The lowest BCUT2D eigenvalue weighted by molar-refractivity contribution is 0.598. The van der Waals surface area contributed by atoms with Crippen LogP contribution in [0.1, 0.15) is 26.2 Å². The van der Waals surface area contributed by atoms with E-state index in [9.17, 15) is 8.42 Å². The van der Waals surface area contributed by atoms with Gasteiger partial charge in [0.1, 0.15) is 0 Å². The molecule has 4 heteroatoms. The number of unbranched alkanes of at least 4 members (excludes halogenated alkanes) is 2. The van der Waals surface area contributed by atoms with Crippen LogP contribution in [0.4, 0.5) is 0 Å². The van der Waals surface area contributed by atoms with E-state index in [-0.39, 0.29) is 4.90 Å². The van der Waals surface area contributed by atoms with E-state index in [2.05, 4.69) is 11.3 Å². The summed E-state index contributed by atoms with van der Waals surface area (Å²) in [6, 6.07) is 8.25. The van der Waals surface area contributed by atoms with Crippen molar-refractivity contribution in [2.75, 3.05) is 0 Å². The zero-order valence-corrected chi connectivity index (χ0v) is 9.57. The molecule has 0 aliphatic rings. The van der Waals surface area contributed by atoms with Crippen molar-refractivity contribution in [3.8, 4) is 0 Å². The Morgan fingerprint density at radius 3 is 2.53 bits per heavy atom. The van der Waals surface area contributed by atoms with Crippen LogP contribution in [0.25, 0.3) is 0 Å². The topological polar surface area (TPSA) is 46.5 Å².